The van der Waals surface area contributed by atoms with E-state index in [9.17, 15) is 9.59 Å². The van der Waals surface area contributed by atoms with Crippen molar-refractivity contribution in [2.75, 3.05) is 19.5 Å². The van der Waals surface area contributed by atoms with Crippen molar-refractivity contribution in [3.8, 4) is 5.75 Å². The van der Waals surface area contributed by atoms with E-state index >= 15 is 4.39 Å². The smallest absolute Gasteiger partial charge is 0.410 e. The highest BCUT2D eigenvalue weighted by atomic mass is 32.1. The van der Waals surface area contributed by atoms with Crippen LogP contribution in [-0.4, -0.2) is 58.8 Å². The number of fused-ring (bicyclic) bond motifs is 1. The molecule has 9 nitrogen and oxygen atoms in total. The lowest BCUT2D eigenvalue weighted by Gasteiger charge is -2.36. The van der Waals surface area contributed by atoms with Crippen molar-refractivity contribution in [3.05, 3.63) is 40.8 Å². The number of para-hydroxylation sites is 1. The first kappa shape index (κ1) is 27.6. The van der Waals surface area contributed by atoms with Gasteiger partial charge in [0.25, 0.3) is 0 Å². The van der Waals surface area contributed by atoms with Gasteiger partial charge in [-0.2, -0.15) is 0 Å². The van der Waals surface area contributed by atoms with Gasteiger partial charge in [-0.05, 0) is 64.7 Å². The Hall–Kier alpha value is -3.47. The second kappa shape index (κ2) is 11.1. The monoisotopic (exact) mass is 544 g/mol. The summed E-state index contributed by atoms with van der Waals surface area (Å²) in [6.07, 6.45) is 3.63. The Morgan fingerprint density at radius 1 is 1.21 bits per heavy atom. The number of hydrogen-bond acceptors (Lipinski definition) is 9. The van der Waals surface area contributed by atoms with Crippen molar-refractivity contribution in [1.29, 1.82) is 0 Å². The molecule has 0 saturated heterocycles. The Morgan fingerprint density at radius 2 is 1.97 bits per heavy atom. The van der Waals surface area contributed by atoms with Crippen LogP contribution in [0.4, 0.5) is 20.7 Å². The second-order valence-electron chi connectivity index (χ2n) is 10.3. The summed E-state index contributed by atoms with van der Waals surface area (Å²) in [6.45, 7) is 7.29. The maximum Gasteiger partial charge on any atom is 0.410 e. The molecule has 3 aromatic rings. The number of halogens is 1. The molecule has 1 N–H and O–H groups in total. The van der Waals surface area contributed by atoms with Crippen LogP contribution in [0.3, 0.4) is 0 Å². The summed E-state index contributed by atoms with van der Waals surface area (Å²) < 4.78 is 31.7. The highest BCUT2D eigenvalue weighted by molar-refractivity contribution is 7.20. The number of rotatable bonds is 6. The number of methoxy groups -OCH3 is 1. The number of thiophene rings is 1. The van der Waals surface area contributed by atoms with Crippen LogP contribution >= 0.6 is 11.3 Å². The molecule has 38 heavy (non-hydrogen) atoms. The molecule has 2 aromatic heterocycles. The van der Waals surface area contributed by atoms with Gasteiger partial charge in [-0.1, -0.05) is 6.07 Å². The zero-order valence-corrected chi connectivity index (χ0v) is 23.3. The third-order valence-electron chi connectivity index (χ3n) is 6.43. The first-order valence-electron chi connectivity index (χ1n) is 12.5. The minimum atomic E-state index is -0.589. The van der Waals surface area contributed by atoms with Crippen molar-refractivity contribution in [2.45, 2.75) is 71.1 Å². The van der Waals surface area contributed by atoms with Gasteiger partial charge >= 0.3 is 12.1 Å². The van der Waals surface area contributed by atoms with Gasteiger partial charge in [-0.25, -0.2) is 23.9 Å². The molecule has 0 spiro atoms. The summed E-state index contributed by atoms with van der Waals surface area (Å²) in [5, 5.41) is 3.85. The number of nitrogens with one attached hydrogen (secondary N) is 1. The molecule has 0 aliphatic heterocycles. The van der Waals surface area contributed by atoms with Crippen molar-refractivity contribution < 1.29 is 28.2 Å². The number of ether oxygens (including phenoxy) is 3. The van der Waals surface area contributed by atoms with Crippen molar-refractivity contribution in [2.24, 2.45) is 0 Å². The molecule has 2 atom stereocenters. The number of hydrogen-bond donors (Lipinski definition) is 1. The zero-order valence-electron chi connectivity index (χ0n) is 22.5. The van der Waals surface area contributed by atoms with E-state index in [1.807, 2.05) is 20.8 Å². The van der Waals surface area contributed by atoms with Gasteiger partial charge in [0.05, 0.1) is 18.2 Å². The molecule has 2 unspecified atom stereocenters. The highest BCUT2D eigenvalue weighted by Gasteiger charge is 2.32. The average molecular weight is 545 g/mol. The summed E-state index contributed by atoms with van der Waals surface area (Å²) in [6, 6.07) is 4.55. The van der Waals surface area contributed by atoms with E-state index in [0.717, 1.165) is 19.3 Å². The van der Waals surface area contributed by atoms with Crippen LogP contribution in [0.25, 0.3) is 10.2 Å². The van der Waals surface area contributed by atoms with Gasteiger partial charge < -0.3 is 24.4 Å². The largest absolute Gasteiger partial charge is 0.485 e. The summed E-state index contributed by atoms with van der Waals surface area (Å²) in [4.78, 5) is 36.1. The Morgan fingerprint density at radius 3 is 2.68 bits per heavy atom. The number of nitrogens with zero attached hydrogens (tertiary/aromatic N) is 3. The van der Waals surface area contributed by atoms with Crippen LogP contribution in [0, 0.1) is 12.7 Å². The SMILES string of the molecule is COC(=O)c1sc2ncnc(Nc3cccc(F)c3OC3CCCC(N(C)C(=O)OC(C)(C)C)C3)c2c1C. The lowest BCUT2D eigenvalue weighted by molar-refractivity contribution is 0.0114. The van der Waals surface area contributed by atoms with Crippen LogP contribution in [0.5, 0.6) is 5.75 Å². The Bertz CT molecular complexity index is 1340. The Labute approximate surface area is 225 Å². The summed E-state index contributed by atoms with van der Waals surface area (Å²) in [5.41, 5.74) is 0.492. The number of anilines is 2. The molecular weight excluding hydrogens is 511 g/mol. The molecule has 2 heterocycles. The van der Waals surface area contributed by atoms with Gasteiger partial charge in [0.1, 0.15) is 33.6 Å². The minimum Gasteiger partial charge on any atom is -0.485 e. The molecule has 0 radical (unpaired) electrons. The molecule has 0 bridgehead atoms. The molecule has 1 amide bonds. The number of aryl methyl sites for hydroxylation is 1. The van der Waals surface area contributed by atoms with E-state index in [2.05, 4.69) is 15.3 Å². The van der Waals surface area contributed by atoms with Gasteiger partial charge in [0.2, 0.25) is 0 Å². The predicted molar refractivity (Wildman–Crippen MR) is 144 cm³/mol. The topological polar surface area (TPSA) is 103 Å². The number of aromatic nitrogens is 2. The van der Waals surface area contributed by atoms with E-state index in [0.29, 0.717) is 38.6 Å². The molecule has 1 aliphatic rings. The third kappa shape index (κ3) is 5.98. The normalized spacial score (nSPS) is 17.7. The standard InChI is InChI=1S/C27H33FN4O5S/c1-15-20-23(29-14-30-24(20)38-22(15)25(33)35-6)31-19-12-8-11-18(28)21(19)36-17-10-7-9-16(13-17)32(5)26(34)37-27(2,3)4/h8,11-12,14,16-17H,7,9-10,13H2,1-6H3,(H,29,30,31). The van der Waals surface area contributed by atoms with Gasteiger partial charge in [0.15, 0.2) is 11.6 Å². The van der Waals surface area contributed by atoms with Crippen LogP contribution in [-0.2, 0) is 9.47 Å². The quantitative estimate of drug-likeness (QED) is 0.365. The number of carbonyl (C=O) groups is 2. The van der Waals surface area contributed by atoms with Crippen LogP contribution < -0.4 is 10.1 Å². The van der Waals surface area contributed by atoms with Gasteiger partial charge in [-0.15, -0.1) is 11.3 Å². The fourth-order valence-corrected chi connectivity index (χ4v) is 5.60. The Balaban J connectivity index is 1.56. The van der Waals surface area contributed by atoms with E-state index in [-0.39, 0.29) is 24.0 Å². The fraction of sp³-hybridized carbons (Fsp3) is 0.481. The summed E-state index contributed by atoms with van der Waals surface area (Å²) >= 11 is 1.21. The van der Waals surface area contributed by atoms with E-state index < -0.39 is 17.4 Å². The zero-order chi connectivity index (χ0) is 27.6. The summed E-state index contributed by atoms with van der Waals surface area (Å²) in [5.74, 6) is -0.457. The highest BCUT2D eigenvalue weighted by Crippen LogP contribution is 2.38. The Kier molecular flexibility index (Phi) is 8.05. The maximum atomic E-state index is 15.1. The van der Waals surface area contributed by atoms with Crippen LogP contribution in [0.1, 0.15) is 61.7 Å². The third-order valence-corrected chi connectivity index (χ3v) is 7.61. The van der Waals surface area contributed by atoms with Gasteiger partial charge in [-0.3, -0.25) is 0 Å². The lowest BCUT2D eigenvalue weighted by atomic mass is 9.92. The average Bonchev–Trinajstić information content (AvgIpc) is 3.21. The number of esters is 1. The van der Waals surface area contributed by atoms with E-state index in [4.69, 9.17) is 14.2 Å². The molecule has 1 aliphatic carbocycles. The molecule has 1 aromatic carbocycles. The molecule has 4 rings (SSSR count). The van der Waals surface area contributed by atoms with E-state index in [1.54, 1.807) is 31.0 Å². The second-order valence-corrected chi connectivity index (χ2v) is 11.3. The summed E-state index contributed by atoms with van der Waals surface area (Å²) in [7, 11) is 3.05. The first-order valence-corrected chi connectivity index (χ1v) is 13.3. The molecule has 1 fully saturated rings. The molecule has 1 saturated carbocycles. The first-order chi connectivity index (χ1) is 18.0. The maximum absolute atomic E-state index is 15.1. The van der Waals surface area contributed by atoms with Gasteiger partial charge in [0, 0.05) is 19.5 Å². The molecule has 204 valence electrons. The minimum absolute atomic E-state index is 0.0749. The molecule has 11 heteroatoms. The molecular formula is C27H33FN4O5S. The van der Waals surface area contributed by atoms with Crippen LogP contribution in [0.15, 0.2) is 24.5 Å². The number of benzene rings is 1. The van der Waals surface area contributed by atoms with E-state index in [1.165, 1.54) is 30.8 Å². The van der Waals surface area contributed by atoms with Crippen molar-refractivity contribution >= 4 is 45.1 Å². The van der Waals surface area contributed by atoms with Crippen LogP contribution in [0.2, 0.25) is 0 Å². The van der Waals surface area contributed by atoms with Crippen molar-refractivity contribution in [3.63, 3.8) is 0 Å². The lowest BCUT2D eigenvalue weighted by Crippen LogP contribution is -2.44. The fourth-order valence-electron chi connectivity index (χ4n) is 4.54. The number of amides is 1. The predicted octanol–water partition coefficient (Wildman–Crippen LogP) is 6.23. The van der Waals surface area contributed by atoms with Crippen molar-refractivity contribution in [1.82, 2.24) is 14.9 Å². The number of carbonyl (C=O) groups excluding carboxylic acids is 2.